The second-order valence-corrected chi connectivity index (χ2v) is 7.32. The van der Waals surface area contributed by atoms with E-state index >= 15 is 0 Å². The van der Waals surface area contributed by atoms with Crippen LogP contribution in [0.3, 0.4) is 0 Å². The van der Waals surface area contributed by atoms with Gasteiger partial charge in [-0.25, -0.2) is 0 Å². The van der Waals surface area contributed by atoms with Gasteiger partial charge in [0.25, 0.3) is 0 Å². The van der Waals surface area contributed by atoms with Crippen molar-refractivity contribution in [3.63, 3.8) is 0 Å². The van der Waals surface area contributed by atoms with Crippen molar-refractivity contribution in [2.24, 2.45) is 0 Å². The summed E-state index contributed by atoms with van der Waals surface area (Å²) in [6.07, 6.45) is 0.235. The number of hydrogen-bond acceptors (Lipinski definition) is 4. The molecule has 0 N–H and O–H groups in total. The maximum atomic E-state index is 12.0. The number of esters is 1. The number of ether oxygens (including phenoxy) is 1. The molecule has 2 rings (SSSR count). The third-order valence-electron chi connectivity index (χ3n) is 5.13. The molecule has 0 spiro atoms. The van der Waals surface area contributed by atoms with Crippen LogP contribution in [0.1, 0.15) is 56.6 Å². The molecule has 0 bridgehead atoms. The Kier molecular flexibility index (Phi) is 4.93. The van der Waals surface area contributed by atoms with E-state index in [1.165, 1.54) is 7.11 Å². The van der Waals surface area contributed by atoms with Crippen LogP contribution in [0.2, 0.25) is 0 Å². The van der Waals surface area contributed by atoms with Gasteiger partial charge in [-0.3, -0.25) is 4.79 Å². The van der Waals surface area contributed by atoms with E-state index in [9.17, 15) is 4.79 Å². The fourth-order valence-corrected chi connectivity index (χ4v) is 3.06. The van der Waals surface area contributed by atoms with E-state index < -0.39 is 18.3 Å². The molecule has 1 heterocycles. The van der Waals surface area contributed by atoms with Crippen LogP contribution in [0.25, 0.3) is 0 Å². The highest BCUT2D eigenvalue weighted by atomic mass is 16.7. The van der Waals surface area contributed by atoms with Crippen LogP contribution in [0.15, 0.2) is 18.2 Å². The highest BCUT2D eigenvalue weighted by molar-refractivity contribution is 6.48. The summed E-state index contributed by atoms with van der Waals surface area (Å²) in [6.45, 7) is 12.2. The standard InChI is InChI=1S/C18H27BO4/c1-12-9-8-10-13(2)16(12)14(11-15(20)21-7)19-22-17(3,4)18(5,6)23-19/h8-10,14H,11H2,1-7H3. The summed E-state index contributed by atoms with van der Waals surface area (Å²) in [5.74, 6) is -0.447. The molecule has 126 valence electrons. The molecule has 0 saturated carbocycles. The molecule has 0 amide bonds. The van der Waals surface area contributed by atoms with E-state index in [2.05, 4.69) is 26.0 Å². The molecule has 1 unspecified atom stereocenters. The van der Waals surface area contributed by atoms with E-state index in [0.29, 0.717) is 0 Å². The highest BCUT2D eigenvalue weighted by Gasteiger charge is 2.54. The molecule has 1 aliphatic heterocycles. The predicted octanol–water partition coefficient (Wildman–Crippen LogP) is 3.58. The quantitative estimate of drug-likeness (QED) is 0.629. The number of methoxy groups -OCH3 is 1. The molecule has 0 aliphatic carbocycles. The van der Waals surface area contributed by atoms with Gasteiger partial charge in [-0.2, -0.15) is 0 Å². The molecule has 1 fully saturated rings. The summed E-state index contributed by atoms with van der Waals surface area (Å²) in [6, 6.07) is 6.13. The Bertz CT molecular complexity index is 558. The summed E-state index contributed by atoms with van der Waals surface area (Å²) in [4.78, 5) is 12.0. The zero-order valence-corrected chi connectivity index (χ0v) is 15.2. The van der Waals surface area contributed by atoms with Gasteiger partial charge < -0.3 is 14.0 Å². The van der Waals surface area contributed by atoms with Crippen molar-refractivity contribution in [1.29, 1.82) is 0 Å². The van der Waals surface area contributed by atoms with Crippen molar-refractivity contribution in [2.75, 3.05) is 7.11 Å². The molecule has 1 saturated heterocycles. The van der Waals surface area contributed by atoms with Gasteiger partial charge in [0.2, 0.25) is 0 Å². The van der Waals surface area contributed by atoms with Crippen molar-refractivity contribution in [3.05, 3.63) is 34.9 Å². The van der Waals surface area contributed by atoms with Crippen molar-refractivity contribution in [3.8, 4) is 0 Å². The molecule has 5 heteroatoms. The Labute approximate surface area is 139 Å². The van der Waals surface area contributed by atoms with Gasteiger partial charge >= 0.3 is 13.1 Å². The van der Waals surface area contributed by atoms with Crippen LogP contribution in [0.4, 0.5) is 0 Å². The largest absolute Gasteiger partial charge is 0.469 e. The monoisotopic (exact) mass is 318 g/mol. The number of benzene rings is 1. The van der Waals surface area contributed by atoms with Crippen LogP contribution in [0.5, 0.6) is 0 Å². The molecule has 0 aromatic heterocycles. The fourth-order valence-electron chi connectivity index (χ4n) is 3.06. The summed E-state index contributed by atoms with van der Waals surface area (Å²) < 4.78 is 17.3. The summed E-state index contributed by atoms with van der Waals surface area (Å²) in [5.41, 5.74) is 2.52. The maximum absolute atomic E-state index is 12.0. The highest BCUT2D eigenvalue weighted by Crippen LogP contribution is 2.42. The van der Waals surface area contributed by atoms with E-state index in [0.717, 1.165) is 16.7 Å². The second-order valence-electron chi connectivity index (χ2n) is 7.32. The SMILES string of the molecule is COC(=O)CC(B1OC(C)(C)C(C)(C)O1)c1c(C)cccc1C. The van der Waals surface area contributed by atoms with Crippen molar-refractivity contribution >= 4 is 13.1 Å². The van der Waals surface area contributed by atoms with Crippen LogP contribution < -0.4 is 0 Å². The first-order valence-corrected chi connectivity index (χ1v) is 8.07. The van der Waals surface area contributed by atoms with E-state index in [1.807, 2.05) is 33.8 Å². The number of aryl methyl sites for hydroxylation is 2. The van der Waals surface area contributed by atoms with Gasteiger partial charge in [0.05, 0.1) is 24.7 Å². The van der Waals surface area contributed by atoms with Gasteiger partial charge in [0.15, 0.2) is 0 Å². The molecule has 1 aromatic carbocycles. The van der Waals surface area contributed by atoms with Gasteiger partial charge in [-0.15, -0.1) is 0 Å². The lowest BCUT2D eigenvalue weighted by Gasteiger charge is -2.32. The second kappa shape index (κ2) is 6.29. The van der Waals surface area contributed by atoms with Gasteiger partial charge in [0.1, 0.15) is 0 Å². The van der Waals surface area contributed by atoms with Crippen LogP contribution >= 0.6 is 0 Å². The Balaban J connectivity index is 2.42. The Hall–Kier alpha value is -1.33. The molecule has 1 aliphatic rings. The molecule has 1 aromatic rings. The molecular weight excluding hydrogens is 291 g/mol. The third-order valence-corrected chi connectivity index (χ3v) is 5.13. The summed E-state index contributed by atoms with van der Waals surface area (Å²) in [7, 11) is 0.938. The molecule has 1 atom stereocenters. The molecule has 4 nitrogen and oxygen atoms in total. The zero-order valence-electron chi connectivity index (χ0n) is 15.2. The Morgan fingerprint density at radius 2 is 1.61 bits per heavy atom. The normalized spacial score (nSPS) is 20.4. The van der Waals surface area contributed by atoms with E-state index in [4.69, 9.17) is 14.0 Å². The number of carbonyl (C=O) groups excluding carboxylic acids is 1. The predicted molar refractivity (Wildman–Crippen MR) is 91.4 cm³/mol. The van der Waals surface area contributed by atoms with Crippen molar-refractivity contribution in [1.82, 2.24) is 0 Å². The Morgan fingerprint density at radius 1 is 1.13 bits per heavy atom. The van der Waals surface area contributed by atoms with Crippen LogP contribution in [-0.4, -0.2) is 31.4 Å². The van der Waals surface area contributed by atoms with Crippen LogP contribution in [-0.2, 0) is 18.8 Å². The lowest BCUT2D eigenvalue weighted by atomic mass is 9.64. The zero-order chi connectivity index (χ0) is 17.4. The topological polar surface area (TPSA) is 44.8 Å². The van der Waals surface area contributed by atoms with Gasteiger partial charge in [-0.1, -0.05) is 18.2 Å². The first kappa shape index (κ1) is 18.0. The minimum atomic E-state index is -0.473. The smallest absolute Gasteiger partial charge is 0.466 e. The summed E-state index contributed by atoms with van der Waals surface area (Å²) in [5, 5.41) is 0. The lowest BCUT2D eigenvalue weighted by molar-refractivity contribution is -0.140. The average Bonchev–Trinajstić information content (AvgIpc) is 2.65. The fraction of sp³-hybridized carbons (Fsp3) is 0.611. The van der Waals surface area contributed by atoms with Crippen LogP contribution in [0, 0.1) is 13.8 Å². The van der Waals surface area contributed by atoms with Crippen molar-refractivity contribution < 1.29 is 18.8 Å². The van der Waals surface area contributed by atoms with Gasteiger partial charge in [-0.05, 0) is 58.2 Å². The average molecular weight is 318 g/mol. The maximum Gasteiger partial charge on any atom is 0.466 e. The summed E-state index contributed by atoms with van der Waals surface area (Å²) >= 11 is 0. The third kappa shape index (κ3) is 3.46. The molecule has 23 heavy (non-hydrogen) atoms. The molecule has 0 radical (unpaired) electrons. The Morgan fingerprint density at radius 3 is 2.04 bits per heavy atom. The number of rotatable bonds is 4. The number of carbonyl (C=O) groups is 1. The van der Waals surface area contributed by atoms with Gasteiger partial charge in [0, 0.05) is 5.82 Å². The van der Waals surface area contributed by atoms with E-state index in [-0.39, 0.29) is 18.2 Å². The minimum Gasteiger partial charge on any atom is -0.469 e. The first-order valence-electron chi connectivity index (χ1n) is 8.07. The first-order chi connectivity index (χ1) is 10.6. The number of hydrogen-bond donors (Lipinski definition) is 0. The lowest BCUT2D eigenvalue weighted by Crippen LogP contribution is -2.41. The minimum absolute atomic E-state index is 0.190. The van der Waals surface area contributed by atoms with E-state index in [1.54, 1.807) is 0 Å². The molecular formula is C18H27BO4. The van der Waals surface area contributed by atoms with Crippen molar-refractivity contribution in [2.45, 2.75) is 65.0 Å².